The van der Waals surface area contributed by atoms with Crippen molar-refractivity contribution in [1.82, 2.24) is 10.2 Å². The first-order valence-corrected chi connectivity index (χ1v) is 8.57. The van der Waals surface area contributed by atoms with Crippen LogP contribution >= 0.6 is 0 Å². The van der Waals surface area contributed by atoms with E-state index in [2.05, 4.69) is 28.5 Å². The lowest BCUT2D eigenvalue weighted by Crippen LogP contribution is -2.46. The quantitative estimate of drug-likeness (QED) is 0.896. The van der Waals surface area contributed by atoms with Crippen molar-refractivity contribution in [2.75, 3.05) is 18.4 Å². The lowest BCUT2D eigenvalue weighted by molar-refractivity contribution is 0.189. The van der Waals surface area contributed by atoms with E-state index in [0.717, 1.165) is 49.6 Å². The molecular formula is C18H27N3O. The smallest absolute Gasteiger partial charge is 0.319 e. The molecule has 0 unspecified atom stereocenters. The van der Waals surface area contributed by atoms with Crippen molar-refractivity contribution in [2.24, 2.45) is 0 Å². The van der Waals surface area contributed by atoms with Crippen molar-refractivity contribution < 1.29 is 4.79 Å². The number of piperidine rings is 1. The van der Waals surface area contributed by atoms with Crippen LogP contribution in [0.3, 0.4) is 0 Å². The number of para-hydroxylation sites is 1. The van der Waals surface area contributed by atoms with Crippen LogP contribution < -0.4 is 10.6 Å². The summed E-state index contributed by atoms with van der Waals surface area (Å²) in [6, 6.07) is 7.26. The predicted octanol–water partition coefficient (Wildman–Crippen LogP) is 3.31. The Kier molecular flexibility index (Phi) is 4.67. The highest BCUT2D eigenvalue weighted by molar-refractivity contribution is 5.91. The number of amides is 2. The number of nitrogens with zero attached hydrogens (tertiary/aromatic N) is 1. The van der Waals surface area contributed by atoms with Crippen LogP contribution in [-0.4, -0.2) is 36.1 Å². The third kappa shape index (κ3) is 3.61. The van der Waals surface area contributed by atoms with Crippen LogP contribution in [0, 0.1) is 6.92 Å². The zero-order valence-corrected chi connectivity index (χ0v) is 13.7. The Morgan fingerprint density at radius 3 is 2.59 bits per heavy atom. The lowest BCUT2D eigenvalue weighted by Gasteiger charge is -2.32. The van der Waals surface area contributed by atoms with Gasteiger partial charge in [0.15, 0.2) is 0 Å². The minimum absolute atomic E-state index is 0.0612. The molecule has 1 saturated heterocycles. The van der Waals surface area contributed by atoms with Gasteiger partial charge in [-0.25, -0.2) is 4.79 Å². The minimum atomic E-state index is -0.0612. The molecule has 1 heterocycles. The maximum Gasteiger partial charge on any atom is 0.319 e. The van der Waals surface area contributed by atoms with Crippen LogP contribution in [0.25, 0.3) is 0 Å². The van der Waals surface area contributed by atoms with E-state index >= 15 is 0 Å². The number of likely N-dealkylation sites (tertiary alicyclic amines) is 1. The van der Waals surface area contributed by atoms with Gasteiger partial charge in [0.05, 0.1) is 0 Å². The molecule has 4 nitrogen and oxygen atoms in total. The molecule has 1 saturated carbocycles. The van der Waals surface area contributed by atoms with Gasteiger partial charge in [0.1, 0.15) is 0 Å². The van der Waals surface area contributed by atoms with Crippen molar-refractivity contribution >= 4 is 11.7 Å². The predicted molar refractivity (Wildman–Crippen MR) is 90.3 cm³/mol. The van der Waals surface area contributed by atoms with Gasteiger partial charge in [-0.2, -0.15) is 0 Å². The highest BCUT2D eigenvalue weighted by Gasteiger charge is 2.32. The molecule has 1 aliphatic carbocycles. The average Bonchev–Trinajstić information content (AvgIpc) is 3.35. The molecular weight excluding hydrogens is 274 g/mol. The number of anilines is 1. The summed E-state index contributed by atoms with van der Waals surface area (Å²) >= 11 is 0. The number of benzene rings is 1. The summed E-state index contributed by atoms with van der Waals surface area (Å²) in [7, 11) is 0. The second-order valence-electron chi connectivity index (χ2n) is 6.60. The zero-order chi connectivity index (χ0) is 15.5. The van der Waals surface area contributed by atoms with Crippen LogP contribution in [0.1, 0.15) is 43.7 Å². The molecule has 120 valence electrons. The van der Waals surface area contributed by atoms with Crippen molar-refractivity contribution in [3.63, 3.8) is 0 Å². The lowest BCUT2D eigenvalue weighted by atomic mass is 10.0. The van der Waals surface area contributed by atoms with Crippen molar-refractivity contribution in [3.8, 4) is 0 Å². The standard InChI is InChI=1S/C18H27N3O/c1-3-14-6-4-5-13(2)17(14)20-18(22)19-15-9-11-21(12-10-15)16-7-8-16/h4-6,15-16H,3,7-12H2,1-2H3,(H2,19,20,22). The molecule has 2 aliphatic rings. The molecule has 0 aromatic heterocycles. The second kappa shape index (κ2) is 6.69. The first-order valence-electron chi connectivity index (χ1n) is 8.57. The molecule has 1 aromatic rings. The van der Waals surface area contributed by atoms with Gasteiger partial charge in [0.2, 0.25) is 0 Å². The molecule has 2 fully saturated rings. The van der Waals surface area contributed by atoms with E-state index in [9.17, 15) is 4.79 Å². The van der Waals surface area contributed by atoms with Gasteiger partial charge in [-0.3, -0.25) is 0 Å². The molecule has 4 heteroatoms. The molecule has 0 spiro atoms. The largest absolute Gasteiger partial charge is 0.335 e. The number of hydrogen-bond acceptors (Lipinski definition) is 2. The van der Waals surface area contributed by atoms with Gasteiger partial charge in [-0.15, -0.1) is 0 Å². The van der Waals surface area contributed by atoms with Crippen molar-refractivity contribution in [2.45, 2.75) is 58.0 Å². The number of carbonyl (C=O) groups is 1. The summed E-state index contributed by atoms with van der Waals surface area (Å²) in [6.07, 6.45) is 5.80. The van der Waals surface area contributed by atoms with E-state index in [1.54, 1.807) is 0 Å². The first-order chi connectivity index (χ1) is 10.7. The van der Waals surface area contributed by atoms with Crippen LogP contribution in [0.4, 0.5) is 10.5 Å². The van der Waals surface area contributed by atoms with Crippen molar-refractivity contribution in [1.29, 1.82) is 0 Å². The fourth-order valence-electron chi connectivity index (χ4n) is 3.39. The van der Waals surface area contributed by atoms with Crippen molar-refractivity contribution in [3.05, 3.63) is 29.3 Å². The van der Waals surface area contributed by atoms with E-state index in [1.165, 1.54) is 18.4 Å². The molecule has 22 heavy (non-hydrogen) atoms. The summed E-state index contributed by atoms with van der Waals surface area (Å²) in [5.74, 6) is 0. The number of urea groups is 1. The average molecular weight is 301 g/mol. The SMILES string of the molecule is CCc1cccc(C)c1NC(=O)NC1CCN(C2CC2)CC1. The van der Waals surface area contributed by atoms with Gasteiger partial charge >= 0.3 is 6.03 Å². The second-order valence-corrected chi connectivity index (χ2v) is 6.60. The molecule has 2 amide bonds. The van der Waals surface area contributed by atoms with E-state index < -0.39 is 0 Å². The number of rotatable bonds is 4. The first kappa shape index (κ1) is 15.3. The maximum absolute atomic E-state index is 12.3. The fraction of sp³-hybridized carbons (Fsp3) is 0.611. The van der Waals surface area contributed by atoms with Gasteiger partial charge in [0, 0.05) is 30.9 Å². The molecule has 1 aromatic carbocycles. The number of nitrogens with one attached hydrogen (secondary N) is 2. The summed E-state index contributed by atoms with van der Waals surface area (Å²) in [6.45, 7) is 6.41. The summed E-state index contributed by atoms with van der Waals surface area (Å²) in [5.41, 5.74) is 3.29. The Hall–Kier alpha value is -1.55. The van der Waals surface area contributed by atoms with Crippen LogP contribution in [0.2, 0.25) is 0 Å². The number of hydrogen-bond donors (Lipinski definition) is 2. The van der Waals surface area contributed by atoms with E-state index in [4.69, 9.17) is 0 Å². The highest BCUT2D eigenvalue weighted by atomic mass is 16.2. The van der Waals surface area contributed by atoms with Crippen LogP contribution in [0.5, 0.6) is 0 Å². The number of carbonyl (C=O) groups excluding carboxylic acids is 1. The van der Waals surface area contributed by atoms with Gasteiger partial charge in [0.25, 0.3) is 0 Å². The van der Waals surface area contributed by atoms with Gasteiger partial charge in [-0.05, 0) is 50.2 Å². The van der Waals surface area contributed by atoms with Gasteiger partial charge < -0.3 is 15.5 Å². The van der Waals surface area contributed by atoms with E-state index in [0.29, 0.717) is 6.04 Å². The monoisotopic (exact) mass is 301 g/mol. The summed E-state index contributed by atoms with van der Waals surface area (Å²) < 4.78 is 0. The maximum atomic E-state index is 12.3. The van der Waals surface area contributed by atoms with Crippen LogP contribution in [-0.2, 0) is 6.42 Å². The van der Waals surface area contributed by atoms with Gasteiger partial charge in [-0.1, -0.05) is 25.1 Å². The molecule has 1 aliphatic heterocycles. The zero-order valence-electron chi connectivity index (χ0n) is 13.7. The Morgan fingerprint density at radius 2 is 1.95 bits per heavy atom. The summed E-state index contributed by atoms with van der Waals surface area (Å²) in [5, 5.41) is 6.21. The Labute approximate surface area is 133 Å². The molecule has 0 bridgehead atoms. The Morgan fingerprint density at radius 1 is 1.23 bits per heavy atom. The minimum Gasteiger partial charge on any atom is -0.335 e. The van der Waals surface area contributed by atoms with E-state index in [1.807, 2.05) is 19.1 Å². The fourth-order valence-corrected chi connectivity index (χ4v) is 3.39. The Balaban J connectivity index is 1.52. The van der Waals surface area contributed by atoms with E-state index in [-0.39, 0.29) is 6.03 Å². The Bertz CT molecular complexity index is 531. The van der Waals surface area contributed by atoms with Crippen LogP contribution in [0.15, 0.2) is 18.2 Å². The number of aryl methyl sites for hydroxylation is 2. The molecule has 3 rings (SSSR count). The molecule has 2 N–H and O–H groups in total. The molecule has 0 radical (unpaired) electrons. The summed E-state index contributed by atoms with van der Waals surface area (Å²) in [4.78, 5) is 14.9. The topological polar surface area (TPSA) is 44.4 Å². The third-order valence-corrected chi connectivity index (χ3v) is 4.91. The molecule has 0 atom stereocenters. The third-order valence-electron chi connectivity index (χ3n) is 4.91. The highest BCUT2D eigenvalue weighted by Crippen LogP contribution is 2.29. The normalized spacial score (nSPS) is 19.9.